The molecule has 0 bridgehead atoms. The van der Waals surface area contributed by atoms with Crippen LogP contribution in [0.25, 0.3) is 0 Å². The van der Waals surface area contributed by atoms with E-state index in [1.165, 1.54) is 57.8 Å². The highest BCUT2D eigenvalue weighted by Crippen LogP contribution is 2.13. The summed E-state index contributed by atoms with van der Waals surface area (Å²) in [5, 5.41) is 9.58. The first-order valence-corrected chi connectivity index (χ1v) is 22.4. The minimum atomic E-state index is -0.797. The Morgan fingerprint density at radius 3 is 1.11 bits per heavy atom. The zero-order valence-electron chi connectivity index (χ0n) is 35.8. The zero-order valence-corrected chi connectivity index (χ0v) is 35.8. The van der Waals surface area contributed by atoms with Crippen LogP contribution in [0.3, 0.4) is 0 Å². The number of allylic oxidation sites excluding steroid dienone is 18. The lowest BCUT2D eigenvalue weighted by atomic mass is 10.0. The maximum absolute atomic E-state index is 12.2. The largest absolute Gasteiger partial charge is 0.462 e. The molecule has 1 atom stereocenters. The fraction of sp³-hybridized carbons (Fsp3) is 0.608. The van der Waals surface area contributed by atoms with E-state index >= 15 is 0 Å². The molecule has 0 fully saturated rings. The first-order valence-electron chi connectivity index (χ1n) is 22.4. The van der Waals surface area contributed by atoms with Gasteiger partial charge in [-0.3, -0.25) is 9.59 Å². The standard InChI is InChI=1S/C51H82O5/c1-3-5-7-9-11-13-15-17-19-20-21-22-23-24-25-26-27-28-29-30-32-34-36-38-40-42-44-46-51(54)56-49(47-52)48-55-50(53)45-43-41-39-37-35-33-31-18-16-14-12-10-8-6-4-2/h5-8,11-14,17-19,21-22,24-25,31,35,37,49,52H,3-4,9-10,15-16,20,23,26-30,32-34,36,38-48H2,1-2H3/b7-5-,8-6-,13-11-,14-12-,19-17-,22-21-,25-24-,31-18-,37-35-. The molecule has 0 aromatic rings. The van der Waals surface area contributed by atoms with Gasteiger partial charge in [0.1, 0.15) is 6.61 Å². The van der Waals surface area contributed by atoms with Crippen molar-refractivity contribution >= 4 is 11.9 Å². The molecule has 0 aliphatic rings. The normalized spacial score (nSPS) is 13.3. The van der Waals surface area contributed by atoms with Gasteiger partial charge in [0.15, 0.2) is 6.10 Å². The van der Waals surface area contributed by atoms with E-state index < -0.39 is 6.10 Å². The molecule has 1 N–H and O–H groups in total. The second-order valence-corrected chi connectivity index (χ2v) is 14.4. The minimum absolute atomic E-state index is 0.0950. The van der Waals surface area contributed by atoms with E-state index in [1.54, 1.807) is 0 Å². The van der Waals surface area contributed by atoms with E-state index in [4.69, 9.17) is 9.47 Å². The lowest BCUT2D eigenvalue weighted by molar-refractivity contribution is -0.161. The summed E-state index contributed by atoms with van der Waals surface area (Å²) in [7, 11) is 0. The van der Waals surface area contributed by atoms with Crippen LogP contribution in [0.2, 0.25) is 0 Å². The molecule has 0 spiro atoms. The monoisotopic (exact) mass is 775 g/mol. The van der Waals surface area contributed by atoms with Gasteiger partial charge in [-0.15, -0.1) is 0 Å². The molecule has 316 valence electrons. The van der Waals surface area contributed by atoms with Crippen molar-refractivity contribution in [1.82, 2.24) is 0 Å². The predicted octanol–water partition coefficient (Wildman–Crippen LogP) is 14.6. The quantitative estimate of drug-likeness (QED) is 0.0382. The van der Waals surface area contributed by atoms with Crippen molar-refractivity contribution in [3.8, 4) is 0 Å². The summed E-state index contributed by atoms with van der Waals surface area (Å²) in [6, 6.07) is 0. The van der Waals surface area contributed by atoms with Gasteiger partial charge < -0.3 is 14.6 Å². The van der Waals surface area contributed by atoms with Gasteiger partial charge in [0.25, 0.3) is 0 Å². The summed E-state index contributed by atoms with van der Waals surface area (Å²) < 4.78 is 10.6. The molecule has 0 rings (SSSR count). The minimum Gasteiger partial charge on any atom is -0.462 e. The SMILES string of the molecule is CC/C=C\C/C=C\C/C=C\C/C=C\C/C=C\CCCCCCCCCCCCCC(=O)OC(CO)COC(=O)CCCC/C=C\C/C=C\C/C=C\C/C=C\CC. The molecule has 5 heteroatoms. The molecule has 1 unspecified atom stereocenters. The van der Waals surface area contributed by atoms with Crippen molar-refractivity contribution < 1.29 is 24.2 Å². The summed E-state index contributed by atoms with van der Waals surface area (Å²) in [4.78, 5) is 24.3. The van der Waals surface area contributed by atoms with Crippen LogP contribution >= 0.6 is 0 Å². The molecule has 0 radical (unpaired) electrons. The molecule has 0 aromatic heterocycles. The lowest BCUT2D eigenvalue weighted by Gasteiger charge is -2.15. The Kier molecular flexibility index (Phi) is 43.1. The van der Waals surface area contributed by atoms with Crippen molar-refractivity contribution in [1.29, 1.82) is 0 Å². The number of carbonyl (C=O) groups excluding carboxylic acids is 2. The summed E-state index contributed by atoms with van der Waals surface area (Å²) >= 11 is 0. The second kappa shape index (κ2) is 45.9. The van der Waals surface area contributed by atoms with E-state index in [-0.39, 0.29) is 25.2 Å². The zero-order chi connectivity index (χ0) is 40.7. The smallest absolute Gasteiger partial charge is 0.306 e. The first-order chi connectivity index (χ1) is 27.6. The van der Waals surface area contributed by atoms with Gasteiger partial charge in [-0.2, -0.15) is 0 Å². The molecule has 0 heterocycles. The summed E-state index contributed by atoms with van der Waals surface area (Å²) in [6.45, 7) is 3.86. The maximum atomic E-state index is 12.2. The molecular weight excluding hydrogens is 693 g/mol. The first kappa shape index (κ1) is 52.6. The highest BCUT2D eigenvalue weighted by atomic mass is 16.6. The van der Waals surface area contributed by atoms with Crippen LogP contribution in [0.4, 0.5) is 0 Å². The van der Waals surface area contributed by atoms with E-state index in [1.807, 2.05) is 0 Å². The van der Waals surface area contributed by atoms with Gasteiger partial charge in [0.2, 0.25) is 0 Å². The molecule has 0 aliphatic carbocycles. The van der Waals surface area contributed by atoms with Crippen molar-refractivity contribution in [3.63, 3.8) is 0 Å². The number of hydrogen-bond donors (Lipinski definition) is 1. The average Bonchev–Trinajstić information content (AvgIpc) is 3.20. The number of rotatable bonds is 39. The van der Waals surface area contributed by atoms with Gasteiger partial charge in [-0.25, -0.2) is 0 Å². The Morgan fingerprint density at radius 1 is 0.411 bits per heavy atom. The summed E-state index contributed by atoms with van der Waals surface area (Å²) in [5.74, 6) is -0.652. The Balaban J connectivity index is 3.60. The number of ether oxygens (including phenoxy) is 2. The third-order valence-corrected chi connectivity index (χ3v) is 9.06. The van der Waals surface area contributed by atoms with Gasteiger partial charge in [0, 0.05) is 12.8 Å². The number of hydrogen-bond acceptors (Lipinski definition) is 5. The number of carbonyl (C=O) groups is 2. The number of aliphatic hydroxyl groups is 1. The van der Waals surface area contributed by atoms with E-state index in [2.05, 4.69) is 123 Å². The Hall–Kier alpha value is -3.44. The molecular formula is C51H82O5. The van der Waals surface area contributed by atoms with E-state index in [0.29, 0.717) is 12.8 Å². The van der Waals surface area contributed by atoms with Crippen LogP contribution in [0.5, 0.6) is 0 Å². The van der Waals surface area contributed by atoms with E-state index in [0.717, 1.165) is 96.3 Å². The third-order valence-electron chi connectivity index (χ3n) is 9.06. The lowest BCUT2D eigenvalue weighted by Crippen LogP contribution is -2.28. The third kappa shape index (κ3) is 43.3. The Labute approximate surface area is 344 Å². The predicted molar refractivity (Wildman–Crippen MR) is 242 cm³/mol. The van der Waals surface area contributed by atoms with Gasteiger partial charge in [-0.1, -0.05) is 181 Å². The Bertz CT molecular complexity index is 1150. The summed E-state index contributed by atoms with van der Waals surface area (Å²) in [6.07, 6.45) is 66.0. The van der Waals surface area contributed by atoms with Gasteiger partial charge >= 0.3 is 11.9 Å². The fourth-order valence-corrected chi connectivity index (χ4v) is 5.75. The van der Waals surface area contributed by atoms with Crippen molar-refractivity contribution in [3.05, 3.63) is 109 Å². The van der Waals surface area contributed by atoms with Crippen LogP contribution in [0.15, 0.2) is 109 Å². The number of unbranched alkanes of at least 4 members (excludes halogenated alkanes) is 13. The average molecular weight is 775 g/mol. The van der Waals surface area contributed by atoms with Gasteiger partial charge in [-0.05, 0) is 96.3 Å². The number of aliphatic hydroxyl groups excluding tert-OH is 1. The van der Waals surface area contributed by atoms with Crippen molar-refractivity contribution in [2.75, 3.05) is 13.2 Å². The summed E-state index contributed by atoms with van der Waals surface area (Å²) in [5.41, 5.74) is 0. The van der Waals surface area contributed by atoms with E-state index in [9.17, 15) is 14.7 Å². The van der Waals surface area contributed by atoms with Crippen LogP contribution in [-0.2, 0) is 19.1 Å². The highest BCUT2D eigenvalue weighted by Gasteiger charge is 2.16. The highest BCUT2D eigenvalue weighted by molar-refractivity contribution is 5.70. The Morgan fingerprint density at radius 2 is 0.714 bits per heavy atom. The number of esters is 2. The van der Waals surface area contributed by atoms with Gasteiger partial charge in [0.05, 0.1) is 6.61 Å². The molecule has 0 aromatic carbocycles. The molecule has 56 heavy (non-hydrogen) atoms. The molecule has 0 aliphatic heterocycles. The molecule has 5 nitrogen and oxygen atoms in total. The maximum Gasteiger partial charge on any atom is 0.306 e. The topological polar surface area (TPSA) is 72.8 Å². The molecule has 0 amide bonds. The fourth-order valence-electron chi connectivity index (χ4n) is 5.75. The van der Waals surface area contributed by atoms with Crippen LogP contribution in [0.1, 0.15) is 181 Å². The molecule has 0 saturated heterocycles. The van der Waals surface area contributed by atoms with Crippen molar-refractivity contribution in [2.45, 2.75) is 187 Å². The van der Waals surface area contributed by atoms with Crippen LogP contribution < -0.4 is 0 Å². The molecule has 0 saturated carbocycles. The van der Waals surface area contributed by atoms with Crippen molar-refractivity contribution in [2.24, 2.45) is 0 Å². The van der Waals surface area contributed by atoms with Crippen LogP contribution in [0, 0.1) is 0 Å². The second-order valence-electron chi connectivity index (χ2n) is 14.4. The van der Waals surface area contributed by atoms with Crippen LogP contribution in [-0.4, -0.2) is 36.4 Å².